The van der Waals surface area contributed by atoms with E-state index in [1.807, 2.05) is 42.6 Å². The maximum Gasteiger partial charge on any atom is 0.180 e. The van der Waals surface area contributed by atoms with Crippen molar-refractivity contribution in [2.75, 3.05) is 19.8 Å². The first-order chi connectivity index (χ1) is 11.3. The number of nitriles is 1. The summed E-state index contributed by atoms with van der Waals surface area (Å²) in [5, 5.41) is 9.25. The molecule has 4 rings (SSSR count). The first-order valence-electron chi connectivity index (χ1n) is 7.50. The minimum absolute atomic E-state index is 0.178. The number of rotatable bonds is 2. The fourth-order valence-electron chi connectivity index (χ4n) is 2.81. The normalized spacial score (nSPS) is 18.0. The lowest BCUT2D eigenvalue weighted by molar-refractivity contribution is 0.0168. The summed E-state index contributed by atoms with van der Waals surface area (Å²) in [5.41, 5.74) is 3.65. The maximum atomic E-state index is 9.25. The summed E-state index contributed by atoms with van der Waals surface area (Å²) in [6.07, 6.45) is 4.04. The van der Waals surface area contributed by atoms with Crippen molar-refractivity contribution in [3.63, 3.8) is 0 Å². The van der Waals surface area contributed by atoms with Gasteiger partial charge in [-0.25, -0.2) is 9.97 Å². The average molecular weight is 305 g/mol. The molecule has 2 aromatic heterocycles. The van der Waals surface area contributed by atoms with Crippen molar-refractivity contribution in [3.8, 4) is 17.3 Å². The van der Waals surface area contributed by atoms with Crippen molar-refractivity contribution in [1.82, 2.24) is 19.9 Å². The molecule has 114 valence electrons. The minimum Gasteiger partial charge on any atom is -0.377 e. The third-order valence-electron chi connectivity index (χ3n) is 4.03. The molecular formula is C17H15N5O. The van der Waals surface area contributed by atoms with Gasteiger partial charge in [-0.2, -0.15) is 5.26 Å². The molecule has 6 nitrogen and oxygen atoms in total. The maximum absolute atomic E-state index is 9.25. The van der Waals surface area contributed by atoms with Crippen LogP contribution in [0.1, 0.15) is 11.9 Å². The van der Waals surface area contributed by atoms with Crippen LogP contribution in [0.25, 0.3) is 22.3 Å². The van der Waals surface area contributed by atoms with Gasteiger partial charge in [-0.3, -0.25) is 4.90 Å². The molecule has 1 fully saturated rings. The number of benzene rings is 1. The molecule has 1 aliphatic rings. The van der Waals surface area contributed by atoms with Crippen molar-refractivity contribution >= 4 is 11.2 Å². The van der Waals surface area contributed by atoms with Gasteiger partial charge >= 0.3 is 0 Å². The highest BCUT2D eigenvalue weighted by atomic mass is 16.5. The lowest BCUT2D eigenvalue weighted by Gasteiger charge is -2.29. The van der Waals surface area contributed by atoms with Gasteiger partial charge in [0.05, 0.1) is 19.8 Å². The predicted octanol–water partition coefficient (Wildman–Crippen LogP) is 2.48. The van der Waals surface area contributed by atoms with Gasteiger partial charge in [0, 0.05) is 11.8 Å². The summed E-state index contributed by atoms with van der Waals surface area (Å²) in [6.45, 7) is 1.61. The van der Waals surface area contributed by atoms with Crippen molar-refractivity contribution in [3.05, 3.63) is 48.4 Å². The Morgan fingerprint density at radius 1 is 1.26 bits per heavy atom. The molecule has 0 bridgehead atoms. The quantitative estimate of drug-likeness (QED) is 0.736. The molecule has 0 radical (unpaired) electrons. The Morgan fingerprint density at radius 2 is 2.13 bits per heavy atom. The molecule has 1 atom stereocenters. The highest BCUT2D eigenvalue weighted by Gasteiger charge is 2.26. The summed E-state index contributed by atoms with van der Waals surface area (Å²) >= 11 is 0. The van der Waals surface area contributed by atoms with Crippen LogP contribution in [0, 0.1) is 11.5 Å². The Bertz CT molecular complexity index is 868. The van der Waals surface area contributed by atoms with E-state index >= 15 is 0 Å². The van der Waals surface area contributed by atoms with Crippen molar-refractivity contribution in [1.29, 1.82) is 5.26 Å². The Kier molecular flexibility index (Phi) is 3.41. The molecular weight excluding hydrogens is 290 g/mol. The van der Waals surface area contributed by atoms with E-state index < -0.39 is 0 Å². The Labute approximate surface area is 133 Å². The van der Waals surface area contributed by atoms with Crippen molar-refractivity contribution in [2.45, 2.75) is 6.04 Å². The Morgan fingerprint density at radius 3 is 2.96 bits per heavy atom. The molecule has 6 heteroatoms. The summed E-state index contributed by atoms with van der Waals surface area (Å²) < 4.78 is 5.48. The lowest BCUT2D eigenvalue weighted by Crippen LogP contribution is -2.36. The van der Waals surface area contributed by atoms with Crippen LogP contribution in [-0.4, -0.2) is 39.6 Å². The number of nitrogens with one attached hydrogen (secondary N) is 1. The van der Waals surface area contributed by atoms with Gasteiger partial charge in [0.2, 0.25) is 0 Å². The molecule has 23 heavy (non-hydrogen) atoms. The molecule has 3 aromatic rings. The van der Waals surface area contributed by atoms with Crippen molar-refractivity contribution < 1.29 is 4.74 Å². The summed E-state index contributed by atoms with van der Waals surface area (Å²) in [6, 6.07) is 11.9. The topological polar surface area (TPSA) is 77.8 Å². The first kappa shape index (κ1) is 13.7. The fourth-order valence-corrected chi connectivity index (χ4v) is 2.81. The van der Waals surface area contributed by atoms with Gasteiger partial charge in [0.15, 0.2) is 11.8 Å². The zero-order valence-electron chi connectivity index (χ0n) is 12.4. The van der Waals surface area contributed by atoms with E-state index in [9.17, 15) is 5.26 Å². The van der Waals surface area contributed by atoms with E-state index in [1.54, 1.807) is 4.90 Å². The number of morpholine rings is 1. The molecule has 0 amide bonds. The smallest absolute Gasteiger partial charge is 0.180 e. The van der Waals surface area contributed by atoms with Crippen LogP contribution < -0.4 is 0 Å². The van der Waals surface area contributed by atoms with Crippen LogP contribution in [0.4, 0.5) is 0 Å². The number of hydrogen-bond donors (Lipinski definition) is 1. The van der Waals surface area contributed by atoms with E-state index in [0.29, 0.717) is 19.8 Å². The van der Waals surface area contributed by atoms with E-state index in [0.717, 1.165) is 28.1 Å². The average Bonchev–Trinajstić information content (AvgIpc) is 3.05. The van der Waals surface area contributed by atoms with Crippen LogP contribution in [0.15, 0.2) is 42.6 Å². The number of pyridine rings is 1. The van der Waals surface area contributed by atoms with E-state index in [-0.39, 0.29) is 6.04 Å². The molecule has 3 heterocycles. The fraction of sp³-hybridized carbons (Fsp3) is 0.235. The van der Waals surface area contributed by atoms with Crippen LogP contribution in [0.3, 0.4) is 0 Å². The largest absolute Gasteiger partial charge is 0.377 e. The third-order valence-corrected chi connectivity index (χ3v) is 4.03. The number of nitrogens with zero attached hydrogens (tertiary/aromatic N) is 4. The van der Waals surface area contributed by atoms with Crippen molar-refractivity contribution in [2.24, 2.45) is 0 Å². The van der Waals surface area contributed by atoms with Gasteiger partial charge in [-0.1, -0.05) is 30.3 Å². The van der Waals surface area contributed by atoms with Crippen LogP contribution in [0.5, 0.6) is 0 Å². The third kappa shape index (κ3) is 2.51. The molecule has 1 saturated heterocycles. The summed E-state index contributed by atoms with van der Waals surface area (Å²) in [4.78, 5) is 14.0. The summed E-state index contributed by atoms with van der Waals surface area (Å²) in [5.74, 6) is 0.721. The Balaban J connectivity index is 1.72. The number of fused-ring (bicyclic) bond motifs is 1. The standard InChI is InChI=1S/C17H15N5O/c18-11-22-6-7-23-10-15(22)17-20-14-8-13(9-19-16(14)21-17)12-4-2-1-3-5-12/h1-5,8-9,15H,6-7,10H2,(H,19,20,21). The first-order valence-corrected chi connectivity index (χ1v) is 7.50. The molecule has 1 aromatic carbocycles. The van der Waals surface area contributed by atoms with E-state index in [4.69, 9.17) is 4.74 Å². The molecule has 0 spiro atoms. The highest BCUT2D eigenvalue weighted by molar-refractivity contribution is 5.78. The highest BCUT2D eigenvalue weighted by Crippen LogP contribution is 2.25. The zero-order valence-corrected chi connectivity index (χ0v) is 12.4. The second-order valence-corrected chi connectivity index (χ2v) is 5.46. The molecule has 0 saturated carbocycles. The second-order valence-electron chi connectivity index (χ2n) is 5.46. The Hall–Kier alpha value is -2.91. The predicted molar refractivity (Wildman–Crippen MR) is 85.2 cm³/mol. The zero-order chi connectivity index (χ0) is 15.6. The molecule has 1 N–H and O–H groups in total. The van der Waals surface area contributed by atoms with Gasteiger partial charge in [-0.15, -0.1) is 0 Å². The number of aromatic nitrogens is 3. The SMILES string of the molecule is N#CN1CCOCC1c1nc2cc(-c3ccccc3)cnc2[nH]1. The van der Waals surface area contributed by atoms with Crippen LogP contribution in [0.2, 0.25) is 0 Å². The van der Waals surface area contributed by atoms with Gasteiger partial charge in [0.1, 0.15) is 17.4 Å². The number of aromatic amines is 1. The number of hydrogen-bond acceptors (Lipinski definition) is 5. The molecule has 1 aliphatic heterocycles. The van der Waals surface area contributed by atoms with E-state index in [2.05, 4.69) is 21.1 Å². The minimum atomic E-state index is -0.178. The van der Waals surface area contributed by atoms with Crippen LogP contribution in [-0.2, 0) is 4.74 Å². The number of imidazole rings is 1. The monoisotopic (exact) mass is 305 g/mol. The molecule has 1 unspecified atom stereocenters. The number of ether oxygens (including phenoxy) is 1. The van der Waals surface area contributed by atoms with Gasteiger partial charge in [-0.05, 0) is 11.6 Å². The summed E-state index contributed by atoms with van der Waals surface area (Å²) in [7, 11) is 0. The van der Waals surface area contributed by atoms with Gasteiger partial charge in [0.25, 0.3) is 0 Å². The lowest BCUT2D eigenvalue weighted by atomic mass is 10.1. The van der Waals surface area contributed by atoms with E-state index in [1.165, 1.54) is 0 Å². The van der Waals surface area contributed by atoms with Gasteiger partial charge < -0.3 is 9.72 Å². The second kappa shape index (κ2) is 5.71. The molecule has 0 aliphatic carbocycles. The van der Waals surface area contributed by atoms with Crippen LogP contribution >= 0.6 is 0 Å². The number of H-pyrrole nitrogens is 1.